The van der Waals surface area contributed by atoms with E-state index < -0.39 is 0 Å². The SMILES string of the molecule is Cc1ncc(Cl)c(N2CCC(C3CCN(c4ncccn4)CC3)CC2)n1. The second-order valence-electron chi connectivity index (χ2n) is 7.29. The fourth-order valence-electron chi connectivity index (χ4n) is 4.27. The highest BCUT2D eigenvalue weighted by atomic mass is 35.5. The molecule has 0 bridgehead atoms. The van der Waals surface area contributed by atoms with Gasteiger partial charge in [0, 0.05) is 38.6 Å². The van der Waals surface area contributed by atoms with Gasteiger partial charge in [-0.05, 0) is 50.5 Å². The molecule has 0 amide bonds. The van der Waals surface area contributed by atoms with Crippen LogP contribution in [0.25, 0.3) is 0 Å². The summed E-state index contributed by atoms with van der Waals surface area (Å²) < 4.78 is 0. The summed E-state index contributed by atoms with van der Waals surface area (Å²) >= 11 is 6.30. The predicted molar refractivity (Wildman–Crippen MR) is 104 cm³/mol. The van der Waals surface area contributed by atoms with Crippen molar-refractivity contribution in [1.82, 2.24) is 19.9 Å². The Morgan fingerprint density at radius 1 is 0.885 bits per heavy atom. The molecule has 4 heterocycles. The molecule has 2 aromatic rings. The monoisotopic (exact) mass is 372 g/mol. The van der Waals surface area contributed by atoms with E-state index in [1.54, 1.807) is 6.20 Å². The molecule has 0 spiro atoms. The summed E-state index contributed by atoms with van der Waals surface area (Å²) in [6.07, 6.45) is 10.3. The van der Waals surface area contributed by atoms with Crippen LogP contribution in [-0.2, 0) is 0 Å². The molecule has 0 aromatic carbocycles. The van der Waals surface area contributed by atoms with Crippen molar-refractivity contribution in [2.24, 2.45) is 11.8 Å². The van der Waals surface area contributed by atoms with Gasteiger partial charge in [-0.3, -0.25) is 0 Å². The van der Waals surface area contributed by atoms with Crippen molar-refractivity contribution >= 4 is 23.4 Å². The number of hydrogen-bond donors (Lipinski definition) is 0. The van der Waals surface area contributed by atoms with E-state index in [0.717, 1.165) is 55.6 Å². The van der Waals surface area contributed by atoms with Crippen LogP contribution in [-0.4, -0.2) is 46.1 Å². The van der Waals surface area contributed by atoms with Gasteiger partial charge >= 0.3 is 0 Å². The van der Waals surface area contributed by atoms with Gasteiger partial charge in [-0.25, -0.2) is 19.9 Å². The van der Waals surface area contributed by atoms with Crippen molar-refractivity contribution < 1.29 is 0 Å². The normalized spacial score (nSPS) is 19.8. The number of hydrogen-bond acceptors (Lipinski definition) is 6. The molecule has 2 fully saturated rings. The number of halogens is 1. The quantitative estimate of drug-likeness (QED) is 0.823. The first kappa shape index (κ1) is 17.5. The molecule has 0 aliphatic carbocycles. The molecule has 2 aliphatic rings. The van der Waals surface area contributed by atoms with Gasteiger partial charge in [0.1, 0.15) is 10.8 Å². The van der Waals surface area contributed by atoms with E-state index in [-0.39, 0.29) is 0 Å². The van der Waals surface area contributed by atoms with Crippen LogP contribution in [0.3, 0.4) is 0 Å². The standard InChI is InChI=1S/C19H25ClN6/c1-14-23-13-17(20)18(24-14)25-9-3-15(4-10-25)16-5-11-26(12-6-16)19-21-7-2-8-22-19/h2,7-8,13,15-16H,3-6,9-12H2,1H3. The molecular weight excluding hydrogens is 348 g/mol. The van der Waals surface area contributed by atoms with Gasteiger partial charge in [0.2, 0.25) is 5.95 Å². The number of anilines is 2. The van der Waals surface area contributed by atoms with E-state index in [2.05, 4.69) is 29.7 Å². The molecule has 0 radical (unpaired) electrons. The summed E-state index contributed by atoms with van der Waals surface area (Å²) in [6, 6.07) is 1.87. The lowest BCUT2D eigenvalue weighted by molar-refractivity contribution is 0.232. The summed E-state index contributed by atoms with van der Waals surface area (Å²) in [5.41, 5.74) is 0. The topological polar surface area (TPSA) is 58.0 Å². The van der Waals surface area contributed by atoms with Crippen molar-refractivity contribution in [3.63, 3.8) is 0 Å². The molecule has 0 atom stereocenters. The van der Waals surface area contributed by atoms with Crippen LogP contribution in [0, 0.1) is 18.8 Å². The predicted octanol–water partition coefficient (Wildman–Crippen LogP) is 3.36. The lowest BCUT2D eigenvalue weighted by Gasteiger charge is -2.40. The highest BCUT2D eigenvalue weighted by molar-refractivity contribution is 6.32. The number of rotatable bonds is 3. The Labute approximate surface area is 159 Å². The minimum absolute atomic E-state index is 0.658. The molecular formula is C19H25ClN6. The van der Waals surface area contributed by atoms with Gasteiger partial charge in [-0.2, -0.15) is 0 Å². The largest absolute Gasteiger partial charge is 0.355 e. The van der Waals surface area contributed by atoms with Crippen molar-refractivity contribution in [2.45, 2.75) is 32.6 Å². The highest BCUT2D eigenvalue weighted by Gasteiger charge is 2.31. The van der Waals surface area contributed by atoms with E-state index >= 15 is 0 Å². The van der Waals surface area contributed by atoms with Crippen molar-refractivity contribution in [3.8, 4) is 0 Å². The first-order valence-electron chi connectivity index (χ1n) is 9.47. The van der Waals surface area contributed by atoms with Gasteiger partial charge in [-0.1, -0.05) is 11.6 Å². The number of aromatic nitrogens is 4. The first-order chi connectivity index (χ1) is 12.7. The average molecular weight is 373 g/mol. The van der Waals surface area contributed by atoms with Crippen molar-refractivity contribution in [3.05, 3.63) is 35.5 Å². The molecule has 4 rings (SSSR count). The molecule has 2 aliphatic heterocycles. The van der Waals surface area contributed by atoms with Crippen LogP contribution in [0.15, 0.2) is 24.7 Å². The zero-order valence-electron chi connectivity index (χ0n) is 15.2. The molecule has 0 unspecified atom stereocenters. The fourth-order valence-corrected chi connectivity index (χ4v) is 4.48. The minimum atomic E-state index is 0.658. The van der Waals surface area contributed by atoms with Gasteiger partial charge in [0.05, 0.1) is 6.20 Å². The van der Waals surface area contributed by atoms with Crippen LogP contribution >= 0.6 is 11.6 Å². The van der Waals surface area contributed by atoms with Gasteiger partial charge < -0.3 is 9.80 Å². The zero-order valence-corrected chi connectivity index (χ0v) is 15.9. The van der Waals surface area contributed by atoms with Gasteiger partial charge in [-0.15, -0.1) is 0 Å². The Morgan fingerprint density at radius 3 is 2.08 bits per heavy atom. The molecule has 0 saturated carbocycles. The van der Waals surface area contributed by atoms with Crippen LogP contribution in [0.4, 0.5) is 11.8 Å². The summed E-state index contributed by atoms with van der Waals surface area (Å²) in [5, 5.41) is 0.658. The Bertz CT molecular complexity index is 724. The van der Waals surface area contributed by atoms with Crippen LogP contribution in [0.2, 0.25) is 5.02 Å². The maximum absolute atomic E-state index is 6.30. The number of aryl methyl sites for hydroxylation is 1. The lowest BCUT2D eigenvalue weighted by Crippen LogP contribution is -2.41. The summed E-state index contributed by atoms with van der Waals surface area (Å²) in [4.78, 5) is 22.1. The highest BCUT2D eigenvalue weighted by Crippen LogP contribution is 2.35. The molecule has 2 aromatic heterocycles. The Balaban J connectivity index is 1.31. The van der Waals surface area contributed by atoms with Gasteiger partial charge in [0.15, 0.2) is 5.82 Å². The lowest BCUT2D eigenvalue weighted by atomic mass is 9.79. The maximum Gasteiger partial charge on any atom is 0.225 e. The van der Waals surface area contributed by atoms with E-state index in [1.807, 2.05) is 25.4 Å². The van der Waals surface area contributed by atoms with E-state index in [4.69, 9.17) is 11.6 Å². The Kier molecular flexibility index (Phi) is 5.20. The van der Waals surface area contributed by atoms with Crippen LogP contribution in [0.1, 0.15) is 31.5 Å². The second-order valence-corrected chi connectivity index (χ2v) is 7.69. The van der Waals surface area contributed by atoms with Gasteiger partial charge in [0.25, 0.3) is 0 Å². The maximum atomic E-state index is 6.30. The third kappa shape index (κ3) is 3.75. The average Bonchev–Trinajstić information content (AvgIpc) is 2.71. The summed E-state index contributed by atoms with van der Waals surface area (Å²) in [7, 11) is 0. The molecule has 2 saturated heterocycles. The molecule has 138 valence electrons. The smallest absolute Gasteiger partial charge is 0.225 e. The molecule has 26 heavy (non-hydrogen) atoms. The molecule has 0 N–H and O–H groups in total. The third-order valence-electron chi connectivity index (χ3n) is 5.73. The number of nitrogens with zero attached hydrogens (tertiary/aromatic N) is 6. The van der Waals surface area contributed by atoms with Crippen LogP contribution in [0.5, 0.6) is 0 Å². The summed E-state index contributed by atoms with van der Waals surface area (Å²) in [6.45, 7) is 6.10. The molecule has 6 nitrogen and oxygen atoms in total. The Morgan fingerprint density at radius 2 is 1.46 bits per heavy atom. The first-order valence-corrected chi connectivity index (χ1v) is 9.84. The van der Waals surface area contributed by atoms with Crippen molar-refractivity contribution in [2.75, 3.05) is 36.0 Å². The Hall–Kier alpha value is -1.95. The van der Waals surface area contributed by atoms with E-state index in [9.17, 15) is 0 Å². The summed E-state index contributed by atoms with van der Waals surface area (Å²) in [5.74, 6) is 4.15. The minimum Gasteiger partial charge on any atom is -0.355 e. The molecule has 7 heteroatoms. The zero-order chi connectivity index (χ0) is 17.9. The van der Waals surface area contributed by atoms with E-state index in [0.29, 0.717) is 5.02 Å². The second kappa shape index (κ2) is 7.74. The third-order valence-corrected chi connectivity index (χ3v) is 5.99. The fraction of sp³-hybridized carbons (Fsp3) is 0.579. The van der Waals surface area contributed by atoms with Crippen LogP contribution < -0.4 is 9.80 Å². The van der Waals surface area contributed by atoms with Crippen molar-refractivity contribution in [1.29, 1.82) is 0 Å². The van der Waals surface area contributed by atoms with E-state index in [1.165, 1.54) is 25.7 Å². The number of piperidine rings is 2.